The second-order valence-corrected chi connectivity index (χ2v) is 16.0. The molecule has 5 amide bonds. The van der Waals surface area contributed by atoms with E-state index in [1.807, 2.05) is 18.7 Å². The summed E-state index contributed by atoms with van der Waals surface area (Å²) in [5, 5.41) is 49.4. The number of carboxylic acids is 2. The third kappa shape index (κ3) is 19.0. The average Bonchev–Trinajstić information content (AvgIpc) is 3.29. The van der Waals surface area contributed by atoms with E-state index in [-0.39, 0.29) is 89.3 Å². The number of rotatable bonds is 19. The molecule has 1 fully saturated rings. The van der Waals surface area contributed by atoms with E-state index < -0.39 is 59.5 Å². The second-order valence-electron chi connectivity index (χ2n) is 16.0. The zero-order chi connectivity index (χ0) is 45.6. The number of nitrogens with two attached hydrogens (primary N) is 1. The number of guanidine groups is 1. The van der Waals surface area contributed by atoms with Crippen molar-refractivity contribution in [2.45, 2.75) is 64.5 Å². The maximum atomic E-state index is 14.1. The lowest BCUT2D eigenvalue weighted by atomic mass is 9.81. The van der Waals surface area contributed by atoms with E-state index in [2.05, 4.69) is 26.6 Å². The molecule has 0 radical (unpaired) electrons. The summed E-state index contributed by atoms with van der Waals surface area (Å²) in [4.78, 5) is 95.6. The molecule has 12 N–H and O–H groups in total. The van der Waals surface area contributed by atoms with Gasteiger partial charge in [0, 0.05) is 71.2 Å². The topological polar surface area (TPSA) is 321 Å². The highest BCUT2D eigenvalue weighted by Gasteiger charge is 2.36. The van der Waals surface area contributed by atoms with Crippen LogP contribution >= 0.6 is 0 Å². The molecule has 22 nitrogen and oxygen atoms in total. The summed E-state index contributed by atoms with van der Waals surface area (Å²) >= 11 is 0. The Hall–Kier alpha value is -5.58. The molecule has 22 heteroatoms. The summed E-state index contributed by atoms with van der Waals surface area (Å²) in [5.41, 5.74) is 7.80. The molecule has 0 unspecified atom stereocenters. The van der Waals surface area contributed by atoms with Crippen LogP contribution in [0.4, 0.5) is 0 Å². The molecular formula is C40H65N11O11. The summed E-state index contributed by atoms with van der Waals surface area (Å²) < 4.78 is 5.85. The molecule has 3 aliphatic heterocycles. The maximum absolute atomic E-state index is 14.1. The fraction of sp³-hybridized carbons (Fsp3) is 0.650. The van der Waals surface area contributed by atoms with Crippen LogP contribution < -0.4 is 42.5 Å². The highest BCUT2D eigenvalue weighted by molar-refractivity contribution is 5.94. The van der Waals surface area contributed by atoms with Crippen LogP contribution in [0.25, 0.3) is 0 Å². The van der Waals surface area contributed by atoms with Crippen LogP contribution in [0.3, 0.4) is 0 Å². The number of hydrogen-bond acceptors (Lipinski definition) is 13. The van der Waals surface area contributed by atoms with Crippen LogP contribution in [0.2, 0.25) is 0 Å². The lowest BCUT2D eigenvalue weighted by Crippen LogP contribution is -2.56. The van der Waals surface area contributed by atoms with E-state index in [1.54, 1.807) is 39.5 Å². The lowest BCUT2D eigenvalue weighted by molar-refractivity contribution is -0.142. The molecule has 1 aromatic carbocycles. The predicted octanol–water partition coefficient (Wildman–Crippen LogP) is -2.26. The van der Waals surface area contributed by atoms with E-state index in [0.29, 0.717) is 63.4 Å². The summed E-state index contributed by atoms with van der Waals surface area (Å²) in [6, 6.07) is 4.71. The van der Waals surface area contributed by atoms with Crippen molar-refractivity contribution in [2.75, 3.05) is 85.1 Å². The van der Waals surface area contributed by atoms with Gasteiger partial charge in [-0.05, 0) is 55.7 Å². The SMILES string of the molecule is CC(C)C[C@H]1C(=O)N[C@H](C(=O)N[C@@H](CCCNC(=N)N)C(=O)NCCNC(=O)CN2CCN(CC(=O)O)CCN(CC(=O)O)CC2)Cc2ccc(cc2)OCCC[C@@H]1C(=O)NO. The van der Waals surface area contributed by atoms with Gasteiger partial charge in [-0.15, -0.1) is 0 Å². The Morgan fingerprint density at radius 1 is 0.855 bits per heavy atom. The fourth-order valence-electron chi connectivity index (χ4n) is 7.38. The Balaban J connectivity index is 1.71. The number of hydroxylamine groups is 1. The van der Waals surface area contributed by atoms with Crippen LogP contribution in [0, 0.1) is 23.2 Å². The minimum atomic E-state index is -1.19. The molecule has 4 rings (SSSR count). The first-order chi connectivity index (χ1) is 29.5. The smallest absolute Gasteiger partial charge is 0.317 e. The summed E-state index contributed by atoms with van der Waals surface area (Å²) in [7, 11) is 0. The highest BCUT2D eigenvalue weighted by atomic mass is 16.5. The van der Waals surface area contributed by atoms with E-state index in [1.165, 1.54) is 0 Å². The maximum Gasteiger partial charge on any atom is 0.317 e. The number of nitrogens with one attached hydrogen (secondary N) is 7. The normalized spacial score (nSPS) is 20.1. The Morgan fingerprint density at radius 2 is 1.44 bits per heavy atom. The van der Waals surface area contributed by atoms with Crippen molar-refractivity contribution in [2.24, 2.45) is 23.5 Å². The van der Waals surface area contributed by atoms with Gasteiger partial charge in [-0.2, -0.15) is 0 Å². The average molecular weight is 876 g/mol. The molecule has 0 aliphatic carbocycles. The molecule has 1 saturated heterocycles. The van der Waals surface area contributed by atoms with Gasteiger partial charge in [0.1, 0.15) is 17.8 Å². The van der Waals surface area contributed by atoms with Crippen molar-refractivity contribution in [3.8, 4) is 5.75 Å². The summed E-state index contributed by atoms with van der Waals surface area (Å²) in [5.74, 6) is -6.47. The number of carboxylic acid groups (broad SMARTS) is 2. The van der Waals surface area contributed by atoms with Crippen molar-refractivity contribution < 1.29 is 53.7 Å². The third-order valence-corrected chi connectivity index (χ3v) is 10.6. The first-order valence-corrected chi connectivity index (χ1v) is 21.0. The minimum absolute atomic E-state index is 0.0127. The van der Waals surface area contributed by atoms with Crippen molar-refractivity contribution in [1.82, 2.24) is 46.8 Å². The van der Waals surface area contributed by atoms with Gasteiger partial charge < -0.3 is 47.3 Å². The van der Waals surface area contributed by atoms with Crippen molar-refractivity contribution >= 4 is 47.4 Å². The fourth-order valence-corrected chi connectivity index (χ4v) is 7.38. The molecule has 346 valence electrons. The molecule has 3 aliphatic rings. The van der Waals surface area contributed by atoms with Crippen molar-refractivity contribution in [1.29, 1.82) is 5.41 Å². The van der Waals surface area contributed by atoms with Gasteiger partial charge >= 0.3 is 11.9 Å². The Kier molecular flexibility index (Phi) is 21.9. The quantitative estimate of drug-likeness (QED) is 0.0230. The van der Waals surface area contributed by atoms with E-state index in [0.717, 1.165) is 0 Å². The molecule has 4 atom stereocenters. The lowest BCUT2D eigenvalue weighted by Gasteiger charge is -2.29. The number of hydrogen-bond donors (Lipinski definition) is 11. The molecule has 1 aromatic rings. The first kappa shape index (κ1) is 50.8. The van der Waals surface area contributed by atoms with Gasteiger partial charge in [0.25, 0.3) is 0 Å². The van der Waals surface area contributed by atoms with E-state index in [9.17, 15) is 49.0 Å². The number of ether oxygens (including phenoxy) is 1. The summed E-state index contributed by atoms with van der Waals surface area (Å²) in [6.45, 7) is 5.99. The Bertz CT molecular complexity index is 1640. The standard InChI is InChI=1S/C40H65N11O11/c1-26(2)21-30-29(37(58)48-61)5-4-20-62-28-9-7-27(8-10-28)22-32(47-36(30)57)39(60)46-31(6-3-11-45-40(41)42)38(59)44-13-12-43-33(52)23-49-14-16-50(24-34(53)54)18-19-51(17-15-49)25-35(55)56/h7-10,26,29-32,61H,3-6,11-25H2,1-2H3,(H,43,52)(H,44,59)(H,46,60)(H,47,57)(H,48,58)(H,53,54)(H,55,56)(H4,41,42,45)/t29-,30+,31-,32-/m0/s1. The molecule has 3 heterocycles. The zero-order valence-electron chi connectivity index (χ0n) is 35.7. The zero-order valence-corrected chi connectivity index (χ0v) is 35.7. The summed E-state index contributed by atoms with van der Waals surface area (Å²) in [6.07, 6.45) is 1.37. The monoisotopic (exact) mass is 875 g/mol. The number of carbonyl (C=O) groups is 7. The number of carbonyl (C=O) groups excluding carboxylic acids is 5. The molecule has 2 bridgehead atoms. The van der Waals surface area contributed by atoms with Crippen LogP contribution in [-0.2, 0) is 40.0 Å². The van der Waals surface area contributed by atoms with Crippen LogP contribution in [0.15, 0.2) is 24.3 Å². The number of aliphatic carboxylic acids is 2. The van der Waals surface area contributed by atoms with E-state index >= 15 is 0 Å². The first-order valence-electron chi connectivity index (χ1n) is 21.0. The molecule has 0 saturated carbocycles. The molecular weight excluding hydrogens is 811 g/mol. The third-order valence-electron chi connectivity index (χ3n) is 10.6. The van der Waals surface area contributed by atoms with Crippen LogP contribution in [-0.4, -0.2) is 175 Å². The van der Waals surface area contributed by atoms with Gasteiger partial charge in [-0.3, -0.25) is 58.9 Å². The van der Waals surface area contributed by atoms with Crippen LogP contribution in [0.1, 0.15) is 51.5 Å². The number of benzene rings is 1. The van der Waals surface area contributed by atoms with Gasteiger partial charge in [0.05, 0.1) is 32.2 Å². The van der Waals surface area contributed by atoms with Crippen LogP contribution in [0.5, 0.6) is 5.75 Å². The molecule has 0 spiro atoms. The van der Waals surface area contributed by atoms with E-state index in [4.69, 9.17) is 15.9 Å². The van der Waals surface area contributed by atoms with Gasteiger partial charge in [0.15, 0.2) is 5.96 Å². The predicted molar refractivity (Wildman–Crippen MR) is 225 cm³/mol. The Morgan fingerprint density at radius 3 is 1.98 bits per heavy atom. The highest BCUT2D eigenvalue weighted by Crippen LogP contribution is 2.27. The number of nitrogens with zero attached hydrogens (tertiary/aromatic N) is 3. The van der Waals surface area contributed by atoms with Gasteiger partial charge in [-0.1, -0.05) is 26.0 Å². The largest absolute Gasteiger partial charge is 0.494 e. The van der Waals surface area contributed by atoms with Gasteiger partial charge in [0.2, 0.25) is 29.5 Å². The molecule has 0 aromatic heterocycles. The molecule has 62 heavy (non-hydrogen) atoms. The minimum Gasteiger partial charge on any atom is -0.494 e. The van der Waals surface area contributed by atoms with Gasteiger partial charge in [-0.25, -0.2) is 5.48 Å². The number of amides is 5. The van der Waals surface area contributed by atoms with Crippen molar-refractivity contribution in [3.63, 3.8) is 0 Å². The Labute approximate surface area is 361 Å². The second kappa shape index (κ2) is 26.7. The van der Waals surface area contributed by atoms with Crippen molar-refractivity contribution in [3.05, 3.63) is 29.8 Å². The number of fused-ring (bicyclic) bond motifs is 11.